The number of hydrogen-bond donors (Lipinski definition) is 1. The molecule has 6 atom stereocenters. The van der Waals surface area contributed by atoms with Gasteiger partial charge in [0.15, 0.2) is 8.32 Å². The van der Waals surface area contributed by atoms with E-state index in [9.17, 15) is 9.90 Å². The van der Waals surface area contributed by atoms with Gasteiger partial charge in [-0.25, -0.2) is 0 Å². The highest BCUT2D eigenvalue weighted by atomic mass is 28.4. The fraction of sp³-hybridized carbons (Fsp3) is 0.821. The van der Waals surface area contributed by atoms with E-state index in [0.29, 0.717) is 5.92 Å². The fourth-order valence-corrected chi connectivity index (χ4v) is 9.46. The van der Waals surface area contributed by atoms with E-state index in [0.717, 1.165) is 61.4 Å². The van der Waals surface area contributed by atoms with E-state index in [-0.39, 0.29) is 24.1 Å². The summed E-state index contributed by atoms with van der Waals surface area (Å²) in [5.41, 5.74) is 2.64. The summed E-state index contributed by atoms with van der Waals surface area (Å²) in [5.74, 6) is 0.0593. The van der Waals surface area contributed by atoms with Crippen LogP contribution in [0, 0.1) is 11.3 Å². The molecule has 1 fully saturated rings. The van der Waals surface area contributed by atoms with Crippen LogP contribution < -0.4 is 0 Å². The Morgan fingerprint density at radius 2 is 1.85 bits per heavy atom. The number of hydrogen-bond acceptors (Lipinski definition) is 5. The van der Waals surface area contributed by atoms with Gasteiger partial charge in [0.05, 0.1) is 11.7 Å². The molecule has 2 aliphatic carbocycles. The Morgan fingerprint density at radius 1 is 1.21 bits per heavy atom. The zero-order valence-corrected chi connectivity index (χ0v) is 23.8. The van der Waals surface area contributed by atoms with Crippen LogP contribution in [-0.4, -0.2) is 49.9 Å². The molecule has 2 aliphatic heterocycles. The van der Waals surface area contributed by atoms with Gasteiger partial charge in [0.1, 0.15) is 18.8 Å². The molecule has 6 heteroatoms. The van der Waals surface area contributed by atoms with Gasteiger partial charge in [-0.2, -0.15) is 0 Å². The van der Waals surface area contributed by atoms with Gasteiger partial charge in [0, 0.05) is 6.92 Å². The molecule has 0 radical (unpaired) electrons. The summed E-state index contributed by atoms with van der Waals surface area (Å²) < 4.78 is 19.6. The molecule has 0 unspecified atom stereocenters. The van der Waals surface area contributed by atoms with Crippen molar-refractivity contribution in [1.29, 1.82) is 0 Å². The van der Waals surface area contributed by atoms with Gasteiger partial charge in [-0.1, -0.05) is 46.3 Å². The molecule has 0 aromatic carbocycles. The Kier molecular flexibility index (Phi) is 8.59. The van der Waals surface area contributed by atoms with Crippen molar-refractivity contribution in [1.82, 2.24) is 0 Å². The van der Waals surface area contributed by atoms with Gasteiger partial charge in [-0.15, -0.1) is 0 Å². The average molecular weight is 493 g/mol. The monoisotopic (exact) mass is 492 g/mol. The van der Waals surface area contributed by atoms with Crippen LogP contribution in [0.4, 0.5) is 0 Å². The lowest BCUT2D eigenvalue weighted by Gasteiger charge is -2.56. The van der Waals surface area contributed by atoms with Gasteiger partial charge in [0.2, 0.25) is 0 Å². The predicted octanol–water partition coefficient (Wildman–Crippen LogP) is 6.32. The number of aliphatic hydroxyl groups is 1. The molecule has 0 saturated carbocycles. The van der Waals surface area contributed by atoms with Crippen molar-refractivity contribution in [2.45, 2.75) is 130 Å². The minimum atomic E-state index is -2.01. The molecule has 0 aromatic heterocycles. The number of rotatable bonds is 7. The van der Waals surface area contributed by atoms with Crippen molar-refractivity contribution in [3.8, 4) is 0 Å². The Balaban J connectivity index is 2.20. The van der Waals surface area contributed by atoms with Crippen LogP contribution in [0.15, 0.2) is 22.8 Å². The molecule has 0 aromatic rings. The second-order valence-electron chi connectivity index (χ2n) is 11.5. The van der Waals surface area contributed by atoms with E-state index in [2.05, 4.69) is 54.5 Å². The zero-order chi connectivity index (χ0) is 25.3. The van der Waals surface area contributed by atoms with E-state index in [1.54, 1.807) is 0 Å². The number of allylic oxidation sites excluding steroid dienone is 2. The first-order valence-electron chi connectivity index (χ1n) is 13.5. The maximum absolute atomic E-state index is 12.1. The first kappa shape index (κ1) is 27.6. The molecule has 1 N–H and O–H groups in total. The lowest BCUT2D eigenvalue weighted by Crippen LogP contribution is -2.63. The first-order valence-corrected chi connectivity index (χ1v) is 16.0. The second kappa shape index (κ2) is 10.6. The molecule has 1 saturated heterocycles. The molecule has 194 valence electrons. The van der Waals surface area contributed by atoms with Gasteiger partial charge >= 0.3 is 5.97 Å². The molecule has 0 amide bonds. The molecule has 2 heterocycles. The average Bonchev–Trinajstić information content (AvgIpc) is 2.78. The summed E-state index contributed by atoms with van der Waals surface area (Å²) in [7, 11) is -2.01. The van der Waals surface area contributed by atoms with Crippen molar-refractivity contribution in [3.05, 3.63) is 22.8 Å². The van der Waals surface area contributed by atoms with Crippen LogP contribution in [0.5, 0.6) is 0 Å². The third-order valence-electron chi connectivity index (χ3n) is 9.56. The van der Waals surface area contributed by atoms with Crippen molar-refractivity contribution in [3.63, 3.8) is 0 Å². The molecule has 4 aliphatic rings. The van der Waals surface area contributed by atoms with Crippen molar-refractivity contribution in [2.24, 2.45) is 11.3 Å². The van der Waals surface area contributed by atoms with E-state index < -0.39 is 26.1 Å². The van der Waals surface area contributed by atoms with Gasteiger partial charge < -0.3 is 19.0 Å². The van der Waals surface area contributed by atoms with Gasteiger partial charge in [-0.3, -0.25) is 4.79 Å². The molecular weight excluding hydrogens is 444 g/mol. The Labute approximate surface area is 208 Å². The highest BCUT2D eigenvalue weighted by molar-refractivity contribution is 6.73. The summed E-state index contributed by atoms with van der Waals surface area (Å²) in [6.07, 6.45) is 5.61. The molecule has 34 heavy (non-hydrogen) atoms. The lowest BCUT2D eigenvalue weighted by molar-refractivity contribution is -0.200. The third kappa shape index (κ3) is 5.11. The van der Waals surface area contributed by atoms with Crippen LogP contribution in [0.1, 0.15) is 87.5 Å². The van der Waals surface area contributed by atoms with Gasteiger partial charge in [-0.05, 0) is 86.6 Å². The standard InChI is InChI=1S/C28H48O5Si/c1-9-34(10-2,11-3)33-26-25(30)24-22(18-31-21(6)29)27(7)16-14-19(4)13-12-15-28(26,8)32-23(24)17-20(27)5/h13,20,23,25-26,30H,9-12,14-18H2,1-8H3/b19-13+/t20-,23-,25-,26-,27+,28+/m1/s1. The lowest BCUT2D eigenvalue weighted by atomic mass is 9.59. The van der Waals surface area contributed by atoms with Crippen molar-refractivity contribution >= 4 is 14.3 Å². The smallest absolute Gasteiger partial charge is 0.302 e. The number of esters is 1. The van der Waals surface area contributed by atoms with E-state index in [1.165, 1.54) is 12.5 Å². The SMILES string of the molecule is CC[Si](CC)(CC)O[C@@H]1[C@H](O)C2=C(COC(C)=O)[C@@]3(C)CC/C(C)=C/CC[C@]1(C)O[C@@H]2C[C@H]3C. The maximum atomic E-state index is 12.1. The maximum Gasteiger partial charge on any atom is 0.302 e. The zero-order valence-electron chi connectivity index (χ0n) is 22.8. The van der Waals surface area contributed by atoms with Crippen molar-refractivity contribution < 1.29 is 23.8 Å². The molecule has 4 rings (SSSR count). The predicted molar refractivity (Wildman–Crippen MR) is 139 cm³/mol. The largest absolute Gasteiger partial charge is 0.461 e. The number of fused-ring (bicyclic) bond motifs is 6. The van der Waals surface area contributed by atoms with Crippen LogP contribution in [0.3, 0.4) is 0 Å². The highest BCUT2D eigenvalue weighted by Gasteiger charge is 2.56. The summed E-state index contributed by atoms with van der Waals surface area (Å²) in [4.78, 5) is 11.8. The van der Waals surface area contributed by atoms with Crippen LogP contribution in [0.25, 0.3) is 0 Å². The first-order chi connectivity index (χ1) is 15.9. The molecule has 4 bridgehead atoms. The Hall–Kier alpha value is -0.953. The summed E-state index contributed by atoms with van der Waals surface area (Å²) >= 11 is 0. The fourth-order valence-electron chi connectivity index (χ4n) is 6.54. The molecule has 5 nitrogen and oxygen atoms in total. The van der Waals surface area contributed by atoms with Crippen LogP contribution in [0.2, 0.25) is 18.1 Å². The highest BCUT2D eigenvalue weighted by Crippen LogP contribution is 2.54. The Morgan fingerprint density at radius 3 is 2.44 bits per heavy atom. The van der Waals surface area contributed by atoms with Gasteiger partial charge in [0.25, 0.3) is 0 Å². The summed E-state index contributed by atoms with van der Waals surface area (Å²) in [5, 5.41) is 12.1. The van der Waals surface area contributed by atoms with Crippen molar-refractivity contribution in [2.75, 3.05) is 6.61 Å². The summed E-state index contributed by atoms with van der Waals surface area (Å²) in [6.45, 7) is 17.3. The van der Waals surface area contributed by atoms with Crippen LogP contribution >= 0.6 is 0 Å². The second-order valence-corrected chi connectivity index (χ2v) is 16.2. The quantitative estimate of drug-likeness (QED) is 0.256. The number of carbonyl (C=O) groups is 1. The molecule has 0 spiro atoms. The van der Waals surface area contributed by atoms with Crippen LogP contribution in [-0.2, 0) is 18.7 Å². The topological polar surface area (TPSA) is 65.0 Å². The molecular formula is C28H48O5Si. The number of ether oxygens (including phenoxy) is 2. The van der Waals surface area contributed by atoms with E-state index in [1.807, 2.05) is 0 Å². The number of aliphatic hydroxyl groups excluding tert-OH is 1. The Bertz CT molecular complexity index is 807. The normalized spacial score (nSPS) is 38.2. The third-order valence-corrected chi connectivity index (χ3v) is 14.2. The number of carbonyl (C=O) groups excluding carboxylic acids is 1. The summed E-state index contributed by atoms with van der Waals surface area (Å²) in [6, 6.07) is 3.07. The minimum absolute atomic E-state index is 0.168. The van der Waals surface area contributed by atoms with E-state index in [4.69, 9.17) is 13.9 Å². The van der Waals surface area contributed by atoms with E-state index >= 15 is 0 Å². The minimum Gasteiger partial charge on any atom is -0.461 e.